The number of imide groups is 1. The molecule has 1 aliphatic rings. The van der Waals surface area contributed by atoms with Crippen molar-refractivity contribution in [1.29, 1.82) is 0 Å². The fourth-order valence-corrected chi connectivity index (χ4v) is 2.56. The van der Waals surface area contributed by atoms with Gasteiger partial charge in [0.15, 0.2) is 9.84 Å². The molecule has 2 rings (SSSR count). The van der Waals surface area contributed by atoms with Crippen LogP contribution >= 0.6 is 0 Å². The molecule has 112 valence electrons. The topological polar surface area (TPSA) is 112 Å². The molecule has 1 N–H and O–H groups in total. The largest absolute Gasteiger partial charge is 0.463 e. The van der Waals surface area contributed by atoms with Gasteiger partial charge in [0.1, 0.15) is 0 Å². The Hall–Kier alpha value is -2.42. The van der Waals surface area contributed by atoms with Crippen molar-refractivity contribution in [2.75, 3.05) is 11.3 Å². The van der Waals surface area contributed by atoms with Crippen LogP contribution in [-0.4, -0.2) is 42.7 Å². The van der Waals surface area contributed by atoms with E-state index in [4.69, 9.17) is 0 Å². The van der Waals surface area contributed by atoms with Crippen molar-refractivity contribution in [3.05, 3.63) is 24.3 Å². The third-order valence-corrected chi connectivity index (χ3v) is 4.04. The summed E-state index contributed by atoms with van der Waals surface area (Å²) in [7, 11) is -3.42. The second kappa shape index (κ2) is 5.17. The monoisotopic (exact) mass is 312 g/mol. The number of carbonyl (C=O) groups is 3. The molecule has 0 atom stereocenters. The lowest BCUT2D eigenvalue weighted by Crippen LogP contribution is -2.49. The Balaban J connectivity index is 2.42. The van der Waals surface area contributed by atoms with Gasteiger partial charge in [-0.05, 0) is 24.3 Å². The molecule has 0 radical (unpaired) electrons. The zero-order valence-corrected chi connectivity index (χ0v) is 11.8. The van der Waals surface area contributed by atoms with Crippen LogP contribution in [0.3, 0.4) is 0 Å². The fourth-order valence-electron chi connectivity index (χ4n) is 1.93. The number of benzene rings is 1. The molecular formula is C12H12N2O6S. The molecule has 8 nitrogen and oxygen atoms in total. The van der Waals surface area contributed by atoms with Crippen molar-refractivity contribution in [2.24, 2.45) is 0 Å². The van der Waals surface area contributed by atoms with Crippen molar-refractivity contribution in [1.82, 2.24) is 5.01 Å². The van der Waals surface area contributed by atoms with Crippen molar-refractivity contribution < 1.29 is 27.9 Å². The Bertz CT molecular complexity index is 694. The predicted octanol–water partition coefficient (Wildman–Crippen LogP) is 0.638. The second-order valence-corrected chi connectivity index (χ2v) is 6.48. The minimum atomic E-state index is -3.42. The molecule has 0 spiro atoms. The summed E-state index contributed by atoms with van der Waals surface area (Å²) in [5.74, 6) is -1.23. The van der Waals surface area contributed by atoms with Crippen molar-refractivity contribution in [2.45, 2.75) is 17.7 Å². The van der Waals surface area contributed by atoms with E-state index in [2.05, 4.69) is 0 Å². The molecule has 0 saturated carbocycles. The van der Waals surface area contributed by atoms with E-state index < -0.39 is 27.7 Å². The first kappa shape index (κ1) is 15.0. The van der Waals surface area contributed by atoms with E-state index in [9.17, 15) is 27.9 Å². The summed E-state index contributed by atoms with van der Waals surface area (Å²) >= 11 is 0. The molecule has 1 aliphatic heterocycles. The van der Waals surface area contributed by atoms with Gasteiger partial charge in [-0.3, -0.25) is 9.59 Å². The molecule has 0 aromatic heterocycles. The lowest BCUT2D eigenvalue weighted by atomic mass is 10.3. The lowest BCUT2D eigenvalue weighted by molar-refractivity contribution is -0.138. The van der Waals surface area contributed by atoms with Crippen LogP contribution in [-0.2, 0) is 19.4 Å². The van der Waals surface area contributed by atoms with Gasteiger partial charge in [-0.25, -0.2) is 13.2 Å². The molecular weight excluding hydrogens is 300 g/mol. The summed E-state index contributed by atoms with van der Waals surface area (Å²) in [5.41, 5.74) is 0.0125. The van der Waals surface area contributed by atoms with Crippen LogP contribution in [0.25, 0.3) is 0 Å². The van der Waals surface area contributed by atoms with Gasteiger partial charge in [-0.2, -0.15) is 10.0 Å². The van der Waals surface area contributed by atoms with Gasteiger partial charge in [0.25, 0.3) is 0 Å². The molecule has 3 amide bonds. The quantitative estimate of drug-likeness (QED) is 0.820. The number of hydrazine groups is 1. The van der Waals surface area contributed by atoms with E-state index in [0.29, 0.717) is 10.0 Å². The highest BCUT2D eigenvalue weighted by molar-refractivity contribution is 7.90. The Morgan fingerprint density at radius 2 is 1.62 bits per heavy atom. The maximum Gasteiger partial charge on any atom is 0.431 e. The first-order valence-electron chi connectivity index (χ1n) is 5.90. The molecule has 1 heterocycles. The number of carboxylic acid groups (broad SMARTS) is 1. The maximum atomic E-state index is 11.6. The number of hydrogen-bond acceptors (Lipinski definition) is 5. The molecule has 21 heavy (non-hydrogen) atoms. The lowest BCUT2D eigenvalue weighted by Gasteiger charge is -2.27. The van der Waals surface area contributed by atoms with Gasteiger partial charge in [-0.15, -0.1) is 0 Å². The third-order valence-electron chi connectivity index (χ3n) is 2.92. The molecule has 1 aromatic rings. The SMILES string of the molecule is CS(=O)(=O)c1ccc(N(C(=O)O)N2C(=O)CCC2=O)cc1. The smallest absolute Gasteiger partial charge is 0.431 e. The zero-order chi connectivity index (χ0) is 15.8. The molecule has 0 aliphatic carbocycles. The van der Waals surface area contributed by atoms with Gasteiger partial charge in [-0.1, -0.05) is 0 Å². The van der Waals surface area contributed by atoms with E-state index in [1.807, 2.05) is 0 Å². The van der Waals surface area contributed by atoms with E-state index >= 15 is 0 Å². The minimum Gasteiger partial charge on any atom is -0.463 e. The first-order chi connectivity index (χ1) is 9.71. The van der Waals surface area contributed by atoms with E-state index in [1.54, 1.807) is 0 Å². The molecule has 1 aromatic carbocycles. The van der Waals surface area contributed by atoms with Crippen LogP contribution in [0, 0.1) is 0 Å². The van der Waals surface area contributed by atoms with Crippen LogP contribution in [0.2, 0.25) is 0 Å². The average molecular weight is 312 g/mol. The van der Waals surface area contributed by atoms with Crippen LogP contribution < -0.4 is 5.01 Å². The summed E-state index contributed by atoms with van der Waals surface area (Å²) in [4.78, 5) is 34.6. The van der Waals surface area contributed by atoms with Gasteiger partial charge in [0.05, 0.1) is 10.6 Å². The fraction of sp³-hybridized carbons (Fsp3) is 0.250. The second-order valence-electron chi connectivity index (χ2n) is 4.46. The summed E-state index contributed by atoms with van der Waals surface area (Å²) in [6, 6.07) is 4.88. The summed E-state index contributed by atoms with van der Waals surface area (Å²) in [6.07, 6.45) is -0.593. The van der Waals surface area contributed by atoms with Gasteiger partial charge >= 0.3 is 6.09 Å². The van der Waals surface area contributed by atoms with Gasteiger partial charge in [0.2, 0.25) is 11.8 Å². The molecule has 9 heteroatoms. The van der Waals surface area contributed by atoms with Crippen LogP contribution in [0.4, 0.5) is 10.5 Å². The molecule has 0 unspecified atom stereocenters. The van der Waals surface area contributed by atoms with E-state index in [0.717, 1.165) is 6.26 Å². The minimum absolute atomic E-state index is 0.00987. The number of rotatable bonds is 3. The number of carbonyl (C=O) groups excluding carboxylic acids is 2. The number of nitrogens with zero attached hydrogens (tertiary/aromatic N) is 2. The molecule has 1 fully saturated rings. The Labute approximate surface area is 120 Å². The van der Waals surface area contributed by atoms with Gasteiger partial charge < -0.3 is 5.11 Å². The standard InChI is InChI=1S/C12H12N2O6S/c1-21(19,20)9-4-2-8(3-5-9)13(12(17)18)14-10(15)6-7-11(14)16/h2-5H,6-7H2,1H3,(H,17,18). The third kappa shape index (κ3) is 2.87. The summed E-state index contributed by atoms with van der Waals surface area (Å²) < 4.78 is 22.7. The van der Waals surface area contributed by atoms with Crippen LogP contribution in [0.1, 0.15) is 12.8 Å². The highest BCUT2D eigenvalue weighted by Gasteiger charge is 2.37. The van der Waals surface area contributed by atoms with Crippen LogP contribution in [0.5, 0.6) is 0 Å². The van der Waals surface area contributed by atoms with E-state index in [1.165, 1.54) is 24.3 Å². The van der Waals surface area contributed by atoms with Crippen molar-refractivity contribution in [3.8, 4) is 0 Å². The molecule has 1 saturated heterocycles. The normalized spacial score (nSPS) is 15.4. The predicted molar refractivity (Wildman–Crippen MR) is 71.1 cm³/mol. The number of sulfone groups is 1. The van der Waals surface area contributed by atoms with Gasteiger partial charge in [0, 0.05) is 19.1 Å². The number of anilines is 1. The summed E-state index contributed by atoms with van der Waals surface area (Å²) in [6.45, 7) is 0. The Morgan fingerprint density at radius 1 is 1.14 bits per heavy atom. The van der Waals surface area contributed by atoms with Crippen LogP contribution in [0.15, 0.2) is 29.2 Å². The zero-order valence-electron chi connectivity index (χ0n) is 11.0. The highest BCUT2D eigenvalue weighted by atomic mass is 32.2. The molecule has 0 bridgehead atoms. The van der Waals surface area contributed by atoms with Crippen molar-refractivity contribution >= 4 is 33.4 Å². The Kier molecular flexibility index (Phi) is 3.69. The number of amides is 3. The average Bonchev–Trinajstić information content (AvgIpc) is 2.70. The Morgan fingerprint density at radius 3 is 2.00 bits per heavy atom. The maximum absolute atomic E-state index is 11.6. The van der Waals surface area contributed by atoms with E-state index in [-0.39, 0.29) is 23.4 Å². The summed E-state index contributed by atoms with van der Waals surface area (Å²) in [5, 5.41) is 10.3. The first-order valence-corrected chi connectivity index (χ1v) is 7.80. The highest BCUT2D eigenvalue weighted by Crippen LogP contribution is 2.24. The van der Waals surface area contributed by atoms with Crippen molar-refractivity contribution in [3.63, 3.8) is 0 Å². The number of hydrogen-bond donors (Lipinski definition) is 1.